The van der Waals surface area contributed by atoms with Gasteiger partial charge in [-0.1, -0.05) is 36.9 Å². The first-order valence-electron chi connectivity index (χ1n) is 11.5. The molecule has 35 heavy (non-hydrogen) atoms. The van der Waals surface area contributed by atoms with Crippen LogP contribution in [0.2, 0.25) is 0 Å². The van der Waals surface area contributed by atoms with Crippen LogP contribution in [-0.4, -0.2) is 87.9 Å². The van der Waals surface area contributed by atoms with E-state index in [-0.39, 0.29) is 48.2 Å². The van der Waals surface area contributed by atoms with E-state index in [1.807, 2.05) is 6.07 Å². The molecule has 0 radical (unpaired) electrons. The Balaban J connectivity index is 1.32. The Morgan fingerprint density at radius 2 is 2.00 bits per heavy atom. The summed E-state index contributed by atoms with van der Waals surface area (Å²) in [7, 11) is 0. The van der Waals surface area contributed by atoms with Crippen LogP contribution in [0.15, 0.2) is 40.4 Å². The van der Waals surface area contributed by atoms with Gasteiger partial charge in [0.25, 0.3) is 17.7 Å². The van der Waals surface area contributed by atoms with Crippen LogP contribution in [0.1, 0.15) is 19.8 Å². The van der Waals surface area contributed by atoms with Gasteiger partial charge in [0.05, 0.1) is 36.8 Å². The third-order valence-electron chi connectivity index (χ3n) is 6.87. The first-order chi connectivity index (χ1) is 16.8. The summed E-state index contributed by atoms with van der Waals surface area (Å²) in [6, 6.07) is 8.97. The van der Waals surface area contributed by atoms with Gasteiger partial charge < -0.3 is 20.3 Å². The number of nitrogens with two attached hydrogens (primary N) is 1. The monoisotopic (exact) mass is 498 g/mol. The van der Waals surface area contributed by atoms with E-state index < -0.39 is 22.6 Å². The number of likely N-dealkylation sites (tertiary alicyclic amines) is 1. The molecule has 4 aliphatic heterocycles. The summed E-state index contributed by atoms with van der Waals surface area (Å²) in [5.41, 5.74) is 5.73. The molecule has 4 aliphatic rings. The molecule has 2 saturated heterocycles. The Kier molecular flexibility index (Phi) is 6.09. The third kappa shape index (κ3) is 4.20. The van der Waals surface area contributed by atoms with Gasteiger partial charge in [-0.15, -0.1) is 0 Å². The van der Waals surface area contributed by atoms with Gasteiger partial charge in [-0.25, -0.2) is 0 Å². The van der Waals surface area contributed by atoms with Crippen molar-refractivity contribution in [3.8, 4) is 0 Å². The van der Waals surface area contributed by atoms with Crippen molar-refractivity contribution in [3.63, 3.8) is 0 Å². The summed E-state index contributed by atoms with van der Waals surface area (Å²) in [5, 5.41) is 5.14. The number of benzene rings is 1. The molecule has 0 aromatic heterocycles. The van der Waals surface area contributed by atoms with Gasteiger partial charge in [0, 0.05) is 19.6 Å². The molecule has 0 bridgehead atoms. The van der Waals surface area contributed by atoms with Crippen molar-refractivity contribution >= 4 is 52.0 Å². The molecule has 2 fully saturated rings. The first-order valence-corrected chi connectivity index (χ1v) is 12.4. The number of thioether (sulfide) groups is 1. The lowest BCUT2D eigenvalue weighted by molar-refractivity contribution is -0.144. The minimum absolute atomic E-state index is 0.0801. The Bertz CT molecular complexity index is 1140. The van der Waals surface area contributed by atoms with E-state index in [0.717, 1.165) is 11.8 Å². The number of amidine groups is 1. The minimum Gasteiger partial charge on any atom is -0.378 e. The number of para-hydroxylation sites is 1. The van der Waals surface area contributed by atoms with E-state index in [1.54, 1.807) is 41.0 Å². The van der Waals surface area contributed by atoms with Crippen LogP contribution in [0, 0.1) is 5.92 Å². The van der Waals surface area contributed by atoms with Crippen molar-refractivity contribution < 1.29 is 23.9 Å². The predicted octanol–water partition coefficient (Wildman–Crippen LogP) is 0.202. The van der Waals surface area contributed by atoms with Crippen molar-refractivity contribution in [1.29, 1.82) is 0 Å². The number of hydrazone groups is 1. The van der Waals surface area contributed by atoms with E-state index in [1.165, 1.54) is 5.01 Å². The summed E-state index contributed by atoms with van der Waals surface area (Å²) in [6.07, 6.45) is 0.453. The van der Waals surface area contributed by atoms with Crippen molar-refractivity contribution in [1.82, 2.24) is 9.80 Å². The maximum Gasteiger partial charge on any atom is 0.271 e. The fraction of sp³-hybridized carbons (Fsp3) is 0.478. The van der Waals surface area contributed by atoms with Gasteiger partial charge in [0.1, 0.15) is 11.0 Å². The van der Waals surface area contributed by atoms with Crippen molar-refractivity contribution in [2.75, 3.05) is 37.9 Å². The molecule has 0 saturated carbocycles. The molecule has 5 rings (SSSR count). The van der Waals surface area contributed by atoms with Crippen molar-refractivity contribution in [2.24, 2.45) is 21.7 Å². The molecule has 3 atom stereocenters. The summed E-state index contributed by atoms with van der Waals surface area (Å²) in [5.74, 6) is -1.76. The molecule has 0 aliphatic carbocycles. The second-order valence-corrected chi connectivity index (χ2v) is 10.3. The normalized spacial score (nSPS) is 27.5. The molecule has 184 valence electrons. The van der Waals surface area contributed by atoms with Crippen LogP contribution >= 0.6 is 11.8 Å². The number of morpholine rings is 1. The fourth-order valence-corrected chi connectivity index (χ4v) is 5.90. The van der Waals surface area contributed by atoms with Gasteiger partial charge >= 0.3 is 0 Å². The van der Waals surface area contributed by atoms with E-state index >= 15 is 0 Å². The van der Waals surface area contributed by atoms with Crippen LogP contribution < -0.4 is 10.7 Å². The molecule has 11 nitrogen and oxygen atoms in total. The number of nitrogens with zero attached hydrogens (tertiary/aromatic N) is 5. The van der Waals surface area contributed by atoms with Crippen LogP contribution in [0.5, 0.6) is 0 Å². The molecule has 12 heteroatoms. The second-order valence-electron chi connectivity index (χ2n) is 9.12. The SMILES string of the molecule is CC(C(=O)N1CCC2(COCCN2C(=O)C2=NN(c3ccccc3)C(=O)C2)C1)C1SC(N)=NC1=O. The highest BCUT2D eigenvalue weighted by Crippen LogP contribution is 2.35. The molecular weight excluding hydrogens is 472 g/mol. The molecule has 4 heterocycles. The standard InChI is InChI=1S/C23H26N6O5S/c1-14(18-19(31)25-22(24)35-18)20(32)27-8-7-23(12-27)13-34-10-9-28(23)21(33)16-11-17(30)29(26-16)15-5-3-2-4-6-15/h2-6,14,18H,7-13H2,1H3,(H2,24,25,31). The molecule has 1 aromatic rings. The van der Waals surface area contributed by atoms with E-state index in [0.29, 0.717) is 31.8 Å². The predicted molar refractivity (Wildman–Crippen MR) is 130 cm³/mol. The molecule has 2 N–H and O–H groups in total. The topological polar surface area (TPSA) is 138 Å². The maximum absolute atomic E-state index is 13.6. The van der Waals surface area contributed by atoms with Crippen LogP contribution in [0.4, 0.5) is 5.69 Å². The third-order valence-corrected chi connectivity index (χ3v) is 8.07. The smallest absolute Gasteiger partial charge is 0.271 e. The fourth-order valence-electron chi connectivity index (χ4n) is 5.02. The number of carbonyl (C=O) groups is 4. The Morgan fingerprint density at radius 3 is 2.71 bits per heavy atom. The zero-order chi connectivity index (χ0) is 24.7. The number of rotatable bonds is 4. The Morgan fingerprint density at radius 1 is 1.23 bits per heavy atom. The number of anilines is 1. The summed E-state index contributed by atoms with van der Waals surface area (Å²) in [6.45, 7) is 3.41. The Labute approximate surface area is 206 Å². The van der Waals surface area contributed by atoms with Crippen LogP contribution in [0.3, 0.4) is 0 Å². The minimum atomic E-state index is -0.710. The van der Waals surface area contributed by atoms with Crippen LogP contribution in [-0.2, 0) is 23.9 Å². The number of hydrogen-bond donors (Lipinski definition) is 1. The molecular formula is C23H26N6O5S. The van der Waals surface area contributed by atoms with Gasteiger partial charge in [0.2, 0.25) is 5.91 Å². The lowest BCUT2D eigenvalue weighted by atomic mass is 9.94. The van der Waals surface area contributed by atoms with Crippen molar-refractivity contribution in [3.05, 3.63) is 30.3 Å². The number of ether oxygens (including phenoxy) is 1. The Hall–Kier alpha value is -3.25. The molecule has 1 aromatic carbocycles. The quantitative estimate of drug-likeness (QED) is 0.626. The maximum atomic E-state index is 13.6. The second kappa shape index (κ2) is 9.08. The lowest BCUT2D eigenvalue weighted by Gasteiger charge is -2.44. The van der Waals surface area contributed by atoms with Gasteiger partial charge in [-0.2, -0.15) is 15.1 Å². The van der Waals surface area contributed by atoms with Crippen LogP contribution in [0.25, 0.3) is 0 Å². The van der Waals surface area contributed by atoms with Gasteiger partial charge in [0.15, 0.2) is 5.17 Å². The summed E-state index contributed by atoms with van der Waals surface area (Å²) < 4.78 is 5.74. The lowest BCUT2D eigenvalue weighted by Crippen LogP contribution is -2.62. The number of aliphatic imine (C=N–C) groups is 1. The molecule has 3 unspecified atom stereocenters. The summed E-state index contributed by atoms with van der Waals surface area (Å²) >= 11 is 1.11. The average Bonchev–Trinajstić information content (AvgIpc) is 3.55. The largest absolute Gasteiger partial charge is 0.378 e. The van der Waals surface area contributed by atoms with E-state index in [4.69, 9.17) is 10.5 Å². The number of amides is 4. The number of carbonyl (C=O) groups excluding carboxylic acids is 4. The summed E-state index contributed by atoms with van der Waals surface area (Å²) in [4.78, 5) is 58.6. The molecule has 1 spiro atoms. The highest BCUT2D eigenvalue weighted by atomic mass is 32.2. The number of hydrogen-bond acceptors (Lipinski definition) is 8. The molecule has 4 amide bonds. The van der Waals surface area contributed by atoms with E-state index in [2.05, 4.69) is 10.1 Å². The first kappa shape index (κ1) is 23.5. The average molecular weight is 499 g/mol. The van der Waals surface area contributed by atoms with Crippen molar-refractivity contribution in [2.45, 2.75) is 30.6 Å². The van der Waals surface area contributed by atoms with Gasteiger partial charge in [-0.05, 0) is 18.6 Å². The zero-order valence-corrected chi connectivity index (χ0v) is 20.1. The highest BCUT2D eigenvalue weighted by Gasteiger charge is 2.51. The van der Waals surface area contributed by atoms with Gasteiger partial charge in [-0.3, -0.25) is 19.2 Å². The highest BCUT2D eigenvalue weighted by molar-refractivity contribution is 8.15. The zero-order valence-electron chi connectivity index (χ0n) is 19.3. The van der Waals surface area contributed by atoms with E-state index in [9.17, 15) is 19.2 Å².